The maximum atomic E-state index is 12.7. The van der Waals surface area contributed by atoms with E-state index in [2.05, 4.69) is 46.5 Å². The number of carboxylic acids is 1. The zero-order valence-corrected chi connectivity index (χ0v) is 16.6. The highest BCUT2D eigenvalue weighted by atomic mass is 32.2. The average Bonchev–Trinajstić information content (AvgIpc) is 2.60. The quantitative estimate of drug-likeness (QED) is 0.457. The number of carbonyl (C=O) groups is 2. The van der Waals surface area contributed by atoms with Gasteiger partial charge in [-0.05, 0) is 25.4 Å². The Balaban J connectivity index is 2.36. The molecule has 124 valence electrons. The molecular weight excluding hydrogens is 338 g/mol. The molecule has 1 fully saturated rings. The second-order valence-corrected chi connectivity index (χ2v) is 11.4. The summed E-state index contributed by atoms with van der Waals surface area (Å²) in [5, 5.41) is 9.05. The van der Waals surface area contributed by atoms with E-state index < -0.39 is 20.6 Å². The molecule has 1 N–H and O–H groups in total. The lowest BCUT2D eigenvalue weighted by atomic mass is 9.66. The van der Waals surface area contributed by atoms with E-state index in [1.54, 1.807) is 0 Å². The Kier molecular flexibility index (Phi) is 4.54. The maximum absolute atomic E-state index is 12.7. The van der Waals surface area contributed by atoms with Crippen LogP contribution in [0.5, 0.6) is 0 Å². The number of thioether (sulfide) groups is 1. The van der Waals surface area contributed by atoms with E-state index in [0.29, 0.717) is 4.24 Å². The molecule has 0 spiro atoms. The molecule has 3 atom stereocenters. The van der Waals surface area contributed by atoms with Gasteiger partial charge in [-0.15, -0.1) is 12.6 Å². The number of carboxylic acid groups (broad SMARTS) is 1. The summed E-state index contributed by atoms with van der Waals surface area (Å²) < 4.78 is 6.70. The number of hydrogen-bond donors (Lipinski definition) is 2. The highest BCUT2D eigenvalue weighted by molar-refractivity contribution is 8.16. The van der Waals surface area contributed by atoms with Gasteiger partial charge in [-0.1, -0.05) is 32.5 Å². The number of β-lactam (4-membered cyclic amide) rings is 1. The average molecular weight is 362 g/mol. The van der Waals surface area contributed by atoms with Gasteiger partial charge in [0.2, 0.25) is 5.91 Å². The minimum atomic E-state index is -1.38. The Morgan fingerprint density at radius 2 is 1.91 bits per heavy atom. The topological polar surface area (TPSA) is 66.8 Å². The first kappa shape index (κ1) is 17.9. The van der Waals surface area contributed by atoms with Gasteiger partial charge >= 0.3 is 5.97 Å². The summed E-state index contributed by atoms with van der Waals surface area (Å²) in [4.78, 5) is 25.4. The molecule has 2 heterocycles. The minimum Gasteiger partial charge on any atom is -0.477 e. The van der Waals surface area contributed by atoms with Crippen molar-refractivity contribution >= 4 is 45.3 Å². The molecule has 0 radical (unpaired) electrons. The van der Waals surface area contributed by atoms with Crippen molar-refractivity contribution in [3.05, 3.63) is 9.93 Å². The van der Waals surface area contributed by atoms with Crippen molar-refractivity contribution < 1.29 is 19.1 Å². The molecule has 1 amide bonds. The van der Waals surface area contributed by atoms with Crippen LogP contribution >= 0.6 is 24.4 Å². The molecule has 0 aliphatic carbocycles. The standard InChI is InChI=1S/C14H23NO4S2Si/c1-13(2,3)14(4,19-22(5)6)7-9(16)15-8(11(17)18)12(20)21-10(7)15/h7,10,20,22H,1-6H3,(H,17,18)/t7-,10-,14+/m1/s1. The molecule has 0 aromatic carbocycles. The van der Waals surface area contributed by atoms with E-state index in [4.69, 9.17) is 4.43 Å². The summed E-state index contributed by atoms with van der Waals surface area (Å²) in [6.45, 7) is 12.3. The van der Waals surface area contributed by atoms with Gasteiger partial charge in [0.05, 0.1) is 15.8 Å². The van der Waals surface area contributed by atoms with Gasteiger partial charge in [-0.2, -0.15) is 0 Å². The van der Waals surface area contributed by atoms with E-state index in [9.17, 15) is 14.7 Å². The number of amides is 1. The van der Waals surface area contributed by atoms with Crippen LogP contribution in [0.2, 0.25) is 13.1 Å². The van der Waals surface area contributed by atoms with Crippen molar-refractivity contribution in [1.82, 2.24) is 4.90 Å². The minimum absolute atomic E-state index is 0.00219. The third-order valence-corrected chi connectivity index (χ3v) is 7.11. The van der Waals surface area contributed by atoms with E-state index in [0.717, 1.165) is 0 Å². The number of fused-ring (bicyclic) bond motifs is 1. The lowest BCUT2D eigenvalue weighted by Gasteiger charge is -2.56. The monoisotopic (exact) mass is 361 g/mol. The van der Waals surface area contributed by atoms with Gasteiger partial charge in [-0.3, -0.25) is 9.69 Å². The Morgan fingerprint density at radius 3 is 2.32 bits per heavy atom. The Labute approximate surface area is 142 Å². The van der Waals surface area contributed by atoms with Crippen LogP contribution in [0.15, 0.2) is 9.93 Å². The van der Waals surface area contributed by atoms with Gasteiger partial charge in [0.25, 0.3) is 0 Å². The highest BCUT2D eigenvalue weighted by Gasteiger charge is 2.65. The van der Waals surface area contributed by atoms with Crippen LogP contribution in [0.3, 0.4) is 0 Å². The Bertz CT molecular complexity index is 558. The number of thiol groups is 1. The number of nitrogens with zero attached hydrogens (tertiary/aromatic N) is 1. The summed E-state index contributed by atoms with van der Waals surface area (Å²) >= 11 is 5.58. The summed E-state index contributed by atoms with van der Waals surface area (Å²) in [6.07, 6.45) is 0. The molecule has 0 aromatic heterocycles. The number of hydrogen-bond acceptors (Lipinski definition) is 5. The Morgan fingerprint density at radius 1 is 1.36 bits per heavy atom. The summed E-state index contributed by atoms with van der Waals surface area (Å²) in [7, 11) is -1.38. The molecule has 8 heteroatoms. The van der Waals surface area contributed by atoms with Crippen LogP contribution in [-0.4, -0.2) is 41.9 Å². The van der Waals surface area contributed by atoms with Gasteiger partial charge in [0, 0.05) is 0 Å². The van der Waals surface area contributed by atoms with E-state index in [-0.39, 0.29) is 28.3 Å². The SMILES string of the molecule is C[SiH](C)O[C@@](C)([C@@H]1C(=O)N2C(C(=O)O)=C(S)S[C@H]12)C(C)(C)C. The molecule has 2 rings (SSSR count). The van der Waals surface area contributed by atoms with Crippen LogP contribution in [0.25, 0.3) is 0 Å². The Hall–Kier alpha value is -0.443. The summed E-state index contributed by atoms with van der Waals surface area (Å²) in [6, 6.07) is 0. The second kappa shape index (κ2) is 5.57. The van der Waals surface area contributed by atoms with Crippen molar-refractivity contribution in [1.29, 1.82) is 0 Å². The molecule has 2 aliphatic heterocycles. The molecular formula is C14H23NO4S2Si. The van der Waals surface area contributed by atoms with Gasteiger partial charge in [0.1, 0.15) is 5.37 Å². The zero-order chi connectivity index (χ0) is 17.0. The molecule has 0 unspecified atom stereocenters. The molecule has 2 aliphatic rings. The molecule has 0 bridgehead atoms. The van der Waals surface area contributed by atoms with Crippen molar-refractivity contribution in [2.24, 2.45) is 11.3 Å². The van der Waals surface area contributed by atoms with E-state index in [1.165, 1.54) is 16.7 Å². The van der Waals surface area contributed by atoms with Crippen LogP contribution in [0.1, 0.15) is 27.7 Å². The fourth-order valence-electron chi connectivity index (χ4n) is 3.00. The smallest absolute Gasteiger partial charge is 0.354 e. The largest absolute Gasteiger partial charge is 0.477 e. The fourth-order valence-corrected chi connectivity index (χ4v) is 6.36. The lowest BCUT2D eigenvalue weighted by Crippen LogP contribution is -2.69. The summed E-state index contributed by atoms with van der Waals surface area (Å²) in [5.41, 5.74) is -0.863. The van der Waals surface area contributed by atoms with Gasteiger partial charge in [0.15, 0.2) is 14.7 Å². The van der Waals surface area contributed by atoms with Crippen LogP contribution in [0.4, 0.5) is 0 Å². The number of rotatable bonds is 4. The van der Waals surface area contributed by atoms with E-state index >= 15 is 0 Å². The molecule has 0 aromatic rings. The van der Waals surface area contributed by atoms with Gasteiger partial charge in [-0.25, -0.2) is 4.79 Å². The zero-order valence-electron chi connectivity index (χ0n) is 13.7. The molecule has 0 saturated carbocycles. The third-order valence-electron chi connectivity index (χ3n) is 4.48. The van der Waals surface area contributed by atoms with Crippen molar-refractivity contribution in [3.8, 4) is 0 Å². The van der Waals surface area contributed by atoms with Crippen LogP contribution in [-0.2, 0) is 14.0 Å². The lowest BCUT2D eigenvalue weighted by molar-refractivity contribution is -0.173. The first-order chi connectivity index (χ1) is 9.91. The molecule has 1 saturated heterocycles. The normalized spacial score (nSPS) is 27.8. The first-order valence-electron chi connectivity index (χ1n) is 7.26. The van der Waals surface area contributed by atoms with Crippen LogP contribution < -0.4 is 0 Å². The van der Waals surface area contributed by atoms with Crippen molar-refractivity contribution in [2.75, 3.05) is 0 Å². The predicted octanol–water partition coefficient (Wildman–Crippen LogP) is 2.51. The molecule has 22 heavy (non-hydrogen) atoms. The number of aliphatic carboxylic acids is 1. The molecule has 5 nitrogen and oxygen atoms in total. The van der Waals surface area contributed by atoms with E-state index in [1.807, 2.05) is 6.92 Å². The highest BCUT2D eigenvalue weighted by Crippen LogP contribution is 2.57. The van der Waals surface area contributed by atoms with Crippen LogP contribution in [0, 0.1) is 11.3 Å². The second-order valence-electron chi connectivity index (χ2n) is 7.18. The van der Waals surface area contributed by atoms with Gasteiger partial charge < -0.3 is 9.53 Å². The first-order valence-corrected chi connectivity index (χ1v) is 11.4. The van der Waals surface area contributed by atoms with Crippen molar-refractivity contribution in [2.45, 2.75) is 51.8 Å². The number of carbonyl (C=O) groups excluding carboxylic acids is 1. The predicted molar refractivity (Wildman–Crippen MR) is 93.2 cm³/mol. The maximum Gasteiger partial charge on any atom is 0.354 e. The third kappa shape index (κ3) is 2.53. The van der Waals surface area contributed by atoms with Crippen molar-refractivity contribution in [3.63, 3.8) is 0 Å². The fraction of sp³-hybridized carbons (Fsp3) is 0.714. The summed E-state index contributed by atoms with van der Waals surface area (Å²) in [5.74, 6) is -1.64.